The molecule has 0 saturated heterocycles. The standard InChI is InChI=1S/C10H18N2O/c1-2-8(7-11)13-10-6-4-3-5-9(10)12/h8-10H,2-6,12H2,1H3. The Morgan fingerprint density at radius 3 is 2.77 bits per heavy atom. The van der Waals surface area contributed by atoms with Crippen molar-refractivity contribution in [2.24, 2.45) is 5.73 Å². The summed E-state index contributed by atoms with van der Waals surface area (Å²) in [5, 5.41) is 8.73. The van der Waals surface area contributed by atoms with E-state index in [1.165, 1.54) is 12.8 Å². The predicted molar refractivity (Wildman–Crippen MR) is 51.0 cm³/mol. The molecule has 1 rings (SSSR count). The monoisotopic (exact) mass is 182 g/mol. The van der Waals surface area contributed by atoms with Gasteiger partial charge in [-0.15, -0.1) is 0 Å². The lowest BCUT2D eigenvalue weighted by Crippen LogP contribution is -2.41. The fraction of sp³-hybridized carbons (Fsp3) is 0.900. The van der Waals surface area contributed by atoms with Crippen LogP contribution in [0.4, 0.5) is 0 Å². The molecule has 13 heavy (non-hydrogen) atoms. The summed E-state index contributed by atoms with van der Waals surface area (Å²) in [7, 11) is 0. The van der Waals surface area contributed by atoms with Crippen LogP contribution >= 0.6 is 0 Å². The molecule has 3 unspecified atom stereocenters. The van der Waals surface area contributed by atoms with Gasteiger partial charge in [-0.2, -0.15) is 5.26 Å². The third kappa shape index (κ3) is 2.98. The van der Waals surface area contributed by atoms with Gasteiger partial charge in [0.05, 0.1) is 12.2 Å². The molecule has 1 aliphatic carbocycles. The van der Waals surface area contributed by atoms with Crippen LogP contribution in [-0.2, 0) is 4.74 Å². The number of nitrogens with zero attached hydrogens (tertiary/aromatic N) is 1. The molecule has 1 saturated carbocycles. The van der Waals surface area contributed by atoms with E-state index in [0.717, 1.165) is 19.3 Å². The lowest BCUT2D eigenvalue weighted by molar-refractivity contribution is -0.0162. The summed E-state index contributed by atoms with van der Waals surface area (Å²) >= 11 is 0. The van der Waals surface area contributed by atoms with Crippen LogP contribution in [0.5, 0.6) is 0 Å². The number of hydrogen-bond donors (Lipinski definition) is 1. The molecular formula is C10H18N2O. The Morgan fingerprint density at radius 1 is 1.54 bits per heavy atom. The second-order valence-electron chi connectivity index (χ2n) is 3.65. The van der Waals surface area contributed by atoms with E-state index in [9.17, 15) is 0 Å². The second kappa shape index (κ2) is 5.21. The molecule has 1 fully saturated rings. The number of hydrogen-bond acceptors (Lipinski definition) is 3. The van der Waals surface area contributed by atoms with Crippen LogP contribution in [0, 0.1) is 11.3 Å². The van der Waals surface area contributed by atoms with Gasteiger partial charge in [0.2, 0.25) is 0 Å². The van der Waals surface area contributed by atoms with Crippen LogP contribution in [-0.4, -0.2) is 18.2 Å². The van der Waals surface area contributed by atoms with Crippen LogP contribution in [0.3, 0.4) is 0 Å². The Bertz CT molecular complexity index is 188. The van der Waals surface area contributed by atoms with Gasteiger partial charge in [-0.25, -0.2) is 0 Å². The first-order chi connectivity index (χ1) is 6.27. The third-order valence-electron chi connectivity index (χ3n) is 2.61. The van der Waals surface area contributed by atoms with Gasteiger partial charge in [0.15, 0.2) is 0 Å². The van der Waals surface area contributed by atoms with Crippen molar-refractivity contribution < 1.29 is 4.74 Å². The maximum Gasteiger partial charge on any atom is 0.144 e. The van der Waals surface area contributed by atoms with E-state index in [1.807, 2.05) is 6.92 Å². The molecule has 0 aromatic heterocycles. The zero-order valence-corrected chi connectivity index (χ0v) is 8.20. The summed E-state index contributed by atoms with van der Waals surface area (Å²) in [5.41, 5.74) is 5.90. The van der Waals surface area contributed by atoms with E-state index < -0.39 is 0 Å². The molecule has 74 valence electrons. The van der Waals surface area contributed by atoms with E-state index in [4.69, 9.17) is 15.7 Å². The van der Waals surface area contributed by atoms with Gasteiger partial charge in [-0.05, 0) is 19.3 Å². The van der Waals surface area contributed by atoms with Crippen molar-refractivity contribution in [2.45, 2.75) is 57.3 Å². The summed E-state index contributed by atoms with van der Waals surface area (Å²) < 4.78 is 5.62. The summed E-state index contributed by atoms with van der Waals surface area (Å²) in [6.45, 7) is 1.96. The van der Waals surface area contributed by atoms with Gasteiger partial charge < -0.3 is 10.5 Å². The Morgan fingerprint density at radius 2 is 2.23 bits per heavy atom. The largest absolute Gasteiger partial charge is 0.358 e. The minimum atomic E-state index is -0.269. The highest BCUT2D eigenvalue weighted by atomic mass is 16.5. The third-order valence-corrected chi connectivity index (χ3v) is 2.61. The molecule has 3 nitrogen and oxygen atoms in total. The molecule has 0 heterocycles. The number of rotatable bonds is 3. The minimum absolute atomic E-state index is 0.110. The first kappa shape index (κ1) is 10.5. The molecular weight excluding hydrogens is 164 g/mol. The predicted octanol–water partition coefficient (Wildman–Crippen LogP) is 1.58. The zero-order chi connectivity index (χ0) is 9.68. The molecule has 0 radical (unpaired) electrons. The van der Waals surface area contributed by atoms with E-state index in [-0.39, 0.29) is 18.2 Å². The molecule has 0 aliphatic heterocycles. The second-order valence-corrected chi connectivity index (χ2v) is 3.65. The van der Waals surface area contributed by atoms with Crippen molar-refractivity contribution in [1.82, 2.24) is 0 Å². The SMILES string of the molecule is CCC(C#N)OC1CCCCC1N. The van der Waals surface area contributed by atoms with Gasteiger partial charge in [0.25, 0.3) is 0 Å². The number of ether oxygens (including phenoxy) is 1. The summed E-state index contributed by atoms with van der Waals surface area (Å²) in [4.78, 5) is 0. The van der Waals surface area contributed by atoms with E-state index in [2.05, 4.69) is 6.07 Å². The maximum absolute atomic E-state index is 8.73. The fourth-order valence-electron chi connectivity index (χ4n) is 1.72. The van der Waals surface area contributed by atoms with E-state index >= 15 is 0 Å². The smallest absolute Gasteiger partial charge is 0.144 e. The summed E-state index contributed by atoms with van der Waals surface area (Å²) in [6.07, 6.45) is 5.02. The molecule has 0 amide bonds. The molecule has 3 heteroatoms. The van der Waals surface area contributed by atoms with Crippen LogP contribution < -0.4 is 5.73 Å². The summed E-state index contributed by atoms with van der Waals surface area (Å²) in [5.74, 6) is 0. The van der Waals surface area contributed by atoms with Gasteiger partial charge in [-0.3, -0.25) is 0 Å². The van der Waals surface area contributed by atoms with Crippen molar-refractivity contribution in [3.8, 4) is 6.07 Å². The average Bonchev–Trinajstić information content (AvgIpc) is 2.17. The molecule has 0 spiro atoms. The molecule has 2 N–H and O–H groups in total. The Hall–Kier alpha value is -0.590. The van der Waals surface area contributed by atoms with Crippen LogP contribution in [0.15, 0.2) is 0 Å². The maximum atomic E-state index is 8.73. The lowest BCUT2D eigenvalue weighted by atomic mass is 9.93. The van der Waals surface area contributed by atoms with Gasteiger partial charge in [0, 0.05) is 6.04 Å². The first-order valence-electron chi connectivity index (χ1n) is 5.08. The fourth-order valence-corrected chi connectivity index (χ4v) is 1.72. The number of nitriles is 1. The minimum Gasteiger partial charge on any atom is -0.358 e. The van der Waals surface area contributed by atoms with Gasteiger partial charge >= 0.3 is 0 Å². The van der Waals surface area contributed by atoms with Crippen molar-refractivity contribution in [3.05, 3.63) is 0 Å². The van der Waals surface area contributed by atoms with Crippen LogP contribution in [0.25, 0.3) is 0 Å². The van der Waals surface area contributed by atoms with E-state index in [0.29, 0.717) is 0 Å². The van der Waals surface area contributed by atoms with Crippen LogP contribution in [0.1, 0.15) is 39.0 Å². The molecule has 0 aromatic carbocycles. The van der Waals surface area contributed by atoms with Crippen molar-refractivity contribution in [1.29, 1.82) is 5.26 Å². The quantitative estimate of drug-likeness (QED) is 0.720. The molecule has 0 aromatic rings. The van der Waals surface area contributed by atoms with Gasteiger partial charge in [0.1, 0.15) is 6.10 Å². The van der Waals surface area contributed by atoms with Crippen molar-refractivity contribution in [2.75, 3.05) is 0 Å². The highest BCUT2D eigenvalue weighted by Crippen LogP contribution is 2.21. The average molecular weight is 182 g/mol. The Balaban J connectivity index is 2.37. The Kier molecular flexibility index (Phi) is 4.20. The molecule has 0 bridgehead atoms. The molecule has 1 aliphatic rings. The Labute approximate surface area is 79.9 Å². The first-order valence-corrected chi connectivity index (χ1v) is 5.08. The topological polar surface area (TPSA) is 59.0 Å². The molecule has 3 atom stereocenters. The zero-order valence-electron chi connectivity index (χ0n) is 8.20. The normalized spacial score (nSPS) is 30.8. The van der Waals surface area contributed by atoms with Gasteiger partial charge in [-0.1, -0.05) is 19.8 Å². The summed E-state index contributed by atoms with van der Waals surface area (Å²) in [6, 6.07) is 2.28. The highest BCUT2D eigenvalue weighted by Gasteiger charge is 2.24. The van der Waals surface area contributed by atoms with Crippen molar-refractivity contribution in [3.63, 3.8) is 0 Å². The van der Waals surface area contributed by atoms with E-state index in [1.54, 1.807) is 0 Å². The highest BCUT2D eigenvalue weighted by molar-refractivity contribution is 4.87. The van der Waals surface area contributed by atoms with Crippen molar-refractivity contribution >= 4 is 0 Å². The lowest BCUT2D eigenvalue weighted by Gasteiger charge is -2.29. The number of nitrogens with two attached hydrogens (primary N) is 1. The van der Waals surface area contributed by atoms with Crippen LogP contribution in [0.2, 0.25) is 0 Å².